The van der Waals surface area contributed by atoms with Crippen molar-refractivity contribution in [3.8, 4) is 0 Å². The normalized spacial score (nSPS) is 17.6. The molecule has 0 aromatic carbocycles. The predicted octanol–water partition coefficient (Wildman–Crippen LogP) is 1.33. The Labute approximate surface area is 141 Å². The van der Waals surface area contributed by atoms with Gasteiger partial charge < -0.3 is 14.4 Å². The maximum Gasteiger partial charge on any atom is 0.227 e. The summed E-state index contributed by atoms with van der Waals surface area (Å²) in [5.74, 6) is 3.07. The van der Waals surface area contributed by atoms with Gasteiger partial charge in [0, 0.05) is 37.3 Å². The van der Waals surface area contributed by atoms with Crippen LogP contribution in [0.2, 0.25) is 0 Å². The van der Waals surface area contributed by atoms with E-state index in [2.05, 4.69) is 30.2 Å². The van der Waals surface area contributed by atoms with Crippen molar-refractivity contribution in [2.75, 3.05) is 0 Å². The smallest absolute Gasteiger partial charge is 0.227 e. The summed E-state index contributed by atoms with van der Waals surface area (Å²) in [7, 11) is 0. The second kappa shape index (κ2) is 6.33. The van der Waals surface area contributed by atoms with Crippen molar-refractivity contribution in [3.63, 3.8) is 0 Å². The van der Waals surface area contributed by atoms with E-state index >= 15 is 0 Å². The number of nitrogens with zero attached hydrogens (tertiary/aromatic N) is 5. The number of aryl methyl sites for hydroxylation is 3. The average molecular weight is 332 g/mol. The molecule has 0 aliphatic carbocycles. The Bertz CT molecular complexity index is 727. The van der Waals surface area contributed by atoms with E-state index < -0.39 is 0 Å². The van der Waals surface area contributed by atoms with Crippen LogP contribution in [0.1, 0.15) is 57.0 Å². The van der Waals surface area contributed by atoms with Crippen molar-refractivity contribution in [2.45, 2.75) is 71.4 Å². The van der Waals surface area contributed by atoms with E-state index in [0.717, 1.165) is 31.0 Å². The molecule has 8 heteroatoms. The molecule has 2 aromatic rings. The van der Waals surface area contributed by atoms with Crippen molar-refractivity contribution >= 4 is 5.91 Å². The van der Waals surface area contributed by atoms with Crippen molar-refractivity contribution in [1.29, 1.82) is 0 Å². The number of hydrogen-bond donors (Lipinski definition) is 1. The first-order valence-electron chi connectivity index (χ1n) is 8.34. The Balaban J connectivity index is 1.50. The van der Waals surface area contributed by atoms with Crippen LogP contribution < -0.4 is 5.32 Å². The molecule has 1 atom stereocenters. The first kappa shape index (κ1) is 16.6. The number of aromatic nitrogens is 5. The zero-order valence-corrected chi connectivity index (χ0v) is 14.7. The summed E-state index contributed by atoms with van der Waals surface area (Å²) in [6.45, 7) is 8.74. The molecule has 130 valence electrons. The van der Waals surface area contributed by atoms with Crippen LogP contribution in [-0.2, 0) is 29.6 Å². The Morgan fingerprint density at radius 2 is 2.17 bits per heavy atom. The lowest BCUT2D eigenvalue weighted by Gasteiger charge is -2.24. The largest absolute Gasteiger partial charge is 0.352 e. The van der Waals surface area contributed by atoms with Crippen molar-refractivity contribution in [2.24, 2.45) is 0 Å². The fourth-order valence-electron chi connectivity index (χ4n) is 2.76. The number of carbonyl (C=O) groups excluding carboxylic acids is 1. The highest BCUT2D eigenvalue weighted by atomic mass is 16.5. The summed E-state index contributed by atoms with van der Waals surface area (Å²) < 4.78 is 7.29. The third-order valence-electron chi connectivity index (χ3n) is 4.20. The summed E-state index contributed by atoms with van der Waals surface area (Å²) in [6, 6.07) is 0.118. The molecule has 0 fully saturated rings. The molecule has 1 aliphatic heterocycles. The van der Waals surface area contributed by atoms with Gasteiger partial charge in [-0.1, -0.05) is 25.9 Å². The Hall–Kier alpha value is -2.25. The topological polar surface area (TPSA) is 98.7 Å². The van der Waals surface area contributed by atoms with Gasteiger partial charge >= 0.3 is 0 Å². The van der Waals surface area contributed by atoms with Crippen LogP contribution in [0.4, 0.5) is 0 Å². The Kier molecular flexibility index (Phi) is 4.38. The van der Waals surface area contributed by atoms with Crippen LogP contribution in [0.3, 0.4) is 0 Å². The van der Waals surface area contributed by atoms with E-state index in [-0.39, 0.29) is 17.4 Å². The zero-order chi connectivity index (χ0) is 17.3. The molecule has 0 bridgehead atoms. The highest BCUT2D eigenvalue weighted by Crippen LogP contribution is 2.19. The van der Waals surface area contributed by atoms with Gasteiger partial charge in [0.15, 0.2) is 5.82 Å². The summed E-state index contributed by atoms with van der Waals surface area (Å²) >= 11 is 0. The molecule has 1 N–H and O–H groups in total. The molecule has 0 radical (unpaired) electrons. The maximum absolute atomic E-state index is 12.2. The SMILES string of the molecule is Cc1nnc2n1C[C@@H](NC(=O)CCc1nc(C(C)(C)C)no1)CC2. The van der Waals surface area contributed by atoms with E-state index in [9.17, 15) is 4.79 Å². The van der Waals surface area contributed by atoms with Crippen LogP contribution in [0, 0.1) is 6.92 Å². The highest BCUT2D eigenvalue weighted by Gasteiger charge is 2.24. The lowest BCUT2D eigenvalue weighted by atomic mass is 9.96. The summed E-state index contributed by atoms with van der Waals surface area (Å²) in [5.41, 5.74) is -0.152. The van der Waals surface area contributed by atoms with Gasteiger partial charge in [-0.3, -0.25) is 4.79 Å². The van der Waals surface area contributed by atoms with E-state index in [4.69, 9.17) is 4.52 Å². The lowest BCUT2D eigenvalue weighted by Crippen LogP contribution is -2.41. The minimum Gasteiger partial charge on any atom is -0.352 e. The van der Waals surface area contributed by atoms with Crippen molar-refractivity contribution < 1.29 is 9.32 Å². The molecule has 1 aliphatic rings. The molecule has 0 saturated carbocycles. The summed E-state index contributed by atoms with van der Waals surface area (Å²) in [4.78, 5) is 16.5. The first-order valence-corrected chi connectivity index (χ1v) is 8.34. The fourth-order valence-corrected chi connectivity index (χ4v) is 2.76. The van der Waals surface area contributed by atoms with Gasteiger partial charge in [-0.15, -0.1) is 10.2 Å². The molecule has 2 aromatic heterocycles. The van der Waals surface area contributed by atoms with E-state index in [1.807, 2.05) is 27.7 Å². The number of rotatable bonds is 4. The monoisotopic (exact) mass is 332 g/mol. The number of nitrogens with one attached hydrogen (secondary N) is 1. The number of hydrogen-bond acceptors (Lipinski definition) is 6. The molecular weight excluding hydrogens is 308 g/mol. The van der Waals surface area contributed by atoms with Crippen LogP contribution in [0.25, 0.3) is 0 Å². The van der Waals surface area contributed by atoms with Crippen LogP contribution in [0.5, 0.6) is 0 Å². The second-order valence-corrected chi connectivity index (χ2v) is 7.34. The summed E-state index contributed by atoms with van der Waals surface area (Å²) in [6.07, 6.45) is 2.53. The number of carbonyl (C=O) groups is 1. The minimum absolute atomic E-state index is 0.00434. The molecule has 0 spiro atoms. The third kappa shape index (κ3) is 3.63. The highest BCUT2D eigenvalue weighted by molar-refractivity contribution is 5.76. The molecule has 24 heavy (non-hydrogen) atoms. The molecular formula is C16H24N6O2. The van der Waals surface area contributed by atoms with Gasteiger partial charge in [0.25, 0.3) is 0 Å². The molecule has 8 nitrogen and oxygen atoms in total. The van der Waals surface area contributed by atoms with Crippen LogP contribution in [0.15, 0.2) is 4.52 Å². The molecule has 1 amide bonds. The number of fused-ring (bicyclic) bond motifs is 1. The second-order valence-electron chi connectivity index (χ2n) is 7.34. The molecule has 0 saturated heterocycles. The Morgan fingerprint density at radius 3 is 2.88 bits per heavy atom. The number of amides is 1. The van der Waals surface area contributed by atoms with Crippen molar-refractivity contribution in [3.05, 3.63) is 23.4 Å². The molecule has 3 rings (SSSR count). The Morgan fingerprint density at radius 1 is 1.38 bits per heavy atom. The first-order chi connectivity index (χ1) is 11.3. The molecule has 0 unspecified atom stereocenters. The van der Waals surface area contributed by atoms with Gasteiger partial charge in [0.1, 0.15) is 11.6 Å². The standard InChI is InChI=1S/C16H24N6O2/c1-10-19-20-12-6-5-11(9-22(10)12)17-13(23)7-8-14-18-15(21-24-14)16(2,3)4/h11H,5-9H2,1-4H3,(H,17,23)/t11-/m0/s1. The van der Waals surface area contributed by atoms with E-state index in [1.54, 1.807) is 0 Å². The van der Waals surface area contributed by atoms with Crippen molar-refractivity contribution in [1.82, 2.24) is 30.2 Å². The average Bonchev–Trinajstić information content (AvgIpc) is 3.13. The predicted molar refractivity (Wildman–Crippen MR) is 86.3 cm³/mol. The molecule has 3 heterocycles. The lowest BCUT2D eigenvalue weighted by molar-refractivity contribution is -0.122. The van der Waals surface area contributed by atoms with E-state index in [0.29, 0.717) is 24.6 Å². The zero-order valence-electron chi connectivity index (χ0n) is 14.7. The van der Waals surface area contributed by atoms with Crippen LogP contribution >= 0.6 is 0 Å². The third-order valence-corrected chi connectivity index (χ3v) is 4.20. The summed E-state index contributed by atoms with van der Waals surface area (Å²) in [5, 5.41) is 15.3. The van der Waals surface area contributed by atoms with E-state index in [1.165, 1.54) is 0 Å². The minimum atomic E-state index is -0.152. The van der Waals surface area contributed by atoms with Gasteiger partial charge in [-0.05, 0) is 13.3 Å². The van der Waals surface area contributed by atoms with Crippen LogP contribution in [-0.4, -0.2) is 36.9 Å². The van der Waals surface area contributed by atoms with Gasteiger partial charge in [-0.25, -0.2) is 0 Å². The fraction of sp³-hybridized carbons (Fsp3) is 0.688. The van der Waals surface area contributed by atoms with Gasteiger partial charge in [-0.2, -0.15) is 4.98 Å². The quantitative estimate of drug-likeness (QED) is 0.907. The maximum atomic E-state index is 12.2. The van der Waals surface area contributed by atoms with Gasteiger partial charge in [0.05, 0.1) is 0 Å². The van der Waals surface area contributed by atoms with Gasteiger partial charge in [0.2, 0.25) is 11.8 Å².